The topological polar surface area (TPSA) is 66.4 Å². The van der Waals surface area contributed by atoms with Crippen molar-refractivity contribution < 1.29 is 13.5 Å². The summed E-state index contributed by atoms with van der Waals surface area (Å²) in [6.07, 6.45) is 4.30. The fourth-order valence-electron chi connectivity index (χ4n) is 2.25. The van der Waals surface area contributed by atoms with E-state index in [4.69, 9.17) is 23.2 Å². The molecule has 0 radical (unpaired) electrons. The van der Waals surface area contributed by atoms with Crippen LogP contribution in [0.1, 0.15) is 32.1 Å². The van der Waals surface area contributed by atoms with Gasteiger partial charge in [0.25, 0.3) is 0 Å². The molecule has 1 saturated carbocycles. The number of hydrogen-bond acceptors (Lipinski definition) is 3. The third-order valence-electron chi connectivity index (χ3n) is 3.27. The second-order valence-corrected chi connectivity index (χ2v) is 7.47. The van der Waals surface area contributed by atoms with Crippen molar-refractivity contribution in [3.8, 4) is 5.75 Å². The average molecular weight is 324 g/mol. The number of aromatic hydroxyl groups is 1. The van der Waals surface area contributed by atoms with Crippen molar-refractivity contribution >= 4 is 38.9 Å². The molecule has 106 valence electrons. The van der Waals surface area contributed by atoms with E-state index >= 15 is 0 Å². The zero-order chi connectivity index (χ0) is 14.0. The SMILES string of the molecule is O=S(=O)(Nc1cc(Cl)c(O)c(Cl)c1)C1CCCCC1. The number of halogens is 2. The van der Waals surface area contributed by atoms with E-state index in [1.54, 1.807) is 0 Å². The molecule has 0 amide bonds. The predicted molar refractivity (Wildman–Crippen MR) is 77.5 cm³/mol. The molecule has 0 heterocycles. The maximum atomic E-state index is 12.2. The number of anilines is 1. The first kappa shape index (κ1) is 14.8. The molecule has 0 spiro atoms. The summed E-state index contributed by atoms with van der Waals surface area (Å²) in [7, 11) is -3.43. The lowest BCUT2D eigenvalue weighted by Crippen LogP contribution is -2.29. The van der Waals surface area contributed by atoms with Gasteiger partial charge in [-0.05, 0) is 25.0 Å². The van der Waals surface area contributed by atoms with Gasteiger partial charge in [0.2, 0.25) is 10.0 Å². The number of benzene rings is 1. The lowest BCUT2D eigenvalue weighted by Gasteiger charge is -2.22. The first-order valence-electron chi connectivity index (χ1n) is 6.10. The van der Waals surface area contributed by atoms with Crippen molar-refractivity contribution in [3.63, 3.8) is 0 Å². The van der Waals surface area contributed by atoms with Crippen molar-refractivity contribution in [1.82, 2.24) is 0 Å². The van der Waals surface area contributed by atoms with Crippen LogP contribution in [-0.2, 0) is 10.0 Å². The molecule has 0 atom stereocenters. The summed E-state index contributed by atoms with van der Waals surface area (Å²) < 4.78 is 26.9. The summed E-state index contributed by atoms with van der Waals surface area (Å²) >= 11 is 11.5. The van der Waals surface area contributed by atoms with Gasteiger partial charge in [-0.3, -0.25) is 4.72 Å². The molecular formula is C12H15Cl2NO3S. The van der Waals surface area contributed by atoms with E-state index < -0.39 is 10.0 Å². The number of phenolic OH excluding ortho intramolecular Hbond substituents is 1. The van der Waals surface area contributed by atoms with E-state index in [1.165, 1.54) is 12.1 Å². The van der Waals surface area contributed by atoms with Crippen molar-refractivity contribution in [2.45, 2.75) is 37.4 Å². The Morgan fingerprint density at radius 1 is 1.11 bits per heavy atom. The van der Waals surface area contributed by atoms with Gasteiger partial charge in [-0.15, -0.1) is 0 Å². The van der Waals surface area contributed by atoms with E-state index in [-0.39, 0.29) is 26.7 Å². The van der Waals surface area contributed by atoms with Crippen molar-refractivity contribution in [2.24, 2.45) is 0 Å². The Hall–Kier alpha value is -0.650. The molecule has 0 aromatic heterocycles. The number of sulfonamides is 1. The lowest BCUT2D eigenvalue weighted by molar-refractivity contribution is 0.476. The maximum Gasteiger partial charge on any atom is 0.235 e. The minimum atomic E-state index is -3.43. The van der Waals surface area contributed by atoms with E-state index in [1.807, 2.05) is 0 Å². The summed E-state index contributed by atoms with van der Waals surface area (Å²) in [6.45, 7) is 0. The Kier molecular flexibility index (Phi) is 4.48. The zero-order valence-electron chi connectivity index (χ0n) is 10.2. The molecule has 19 heavy (non-hydrogen) atoms. The van der Waals surface area contributed by atoms with Crippen LogP contribution in [-0.4, -0.2) is 18.8 Å². The summed E-state index contributed by atoms with van der Waals surface area (Å²) in [5.74, 6) is -0.246. The van der Waals surface area contributed by atoms with Gasteiger partial charge in [0, 0.05) is 0 Å². The molecule has 1 aliphatic rings. The van der Waals surface area contributed by atoms with Crippen LogP contribution in [0.25, 0.3) is 0 Å². The second-order valence-electron chi connectivity index (χ2n) is 4.70. The summed E-state index contributed by atoms with van der Waals surface area (Å²) in [5.41, 5.74) is 0.276. The maximum absolute atomic E-state index is 12.2. The highest BCUT2D eigenvalue weighted by Crippen LogP contribution is 2.35. The van der Waals surface area contributed by atoms with E-state index in [0.29, 0.717) is 12.8 Å². The van der Waals surface area contributed by atoms with Gasteiger partial charge >= 0.3 is 0 Å². The third kappa shape index (κ3) is 3.46. The van der Waals surface area contributed by atoms with E-state index in [9.17, 15) is 13.5 Å². The molecule has 1 aromatic rings. The van der Waals surface area contributed by atoms with Gasteiger partial charge in [-0.1, -0.05) is 42.5 Å². The number of phenols is 1. The van der Waals surface area contributed by atoms with Gasteiger partial charge in [0.05, 0.1) is 21.0 Å². The lowest BCUT2D eigenvalue weighted by atomic mass is 10.0. The van der Waals surface area contributed by atoms with Crippen molar-refractivity contribution in [2.75, 3.05) is 4.72 Å². The first-order chi connectivity index (χ1) is 8.90. The Balaban J connectivity index is 2.20. The highest BCUT2D eigenvalue weighted by molar-refractivity contribution is 7.93. The van der Waals surface area contributed by atoms with Crippen LogP contribution in [0.5, 0.6) is 5.75 Å². The Labute approximate surface area is 122 Å². The third-order valence-corrected chi connectivity index (χ3v) is 5.71. The zero-order valence-corrected chi connectivity index (χ0v) is 12.5. The molecule has 4 nitrogen and oxygen atoms in total. The number of nitrogens with one attached hydrogen (secondary N) is 1. The molecule has 1 aliphatic carbocycles. The second kappa shape index (κ2) is 5.77. The quantitative estimate of drug-likeness (QED) is 0.832. The van der Waals surface area contributed by atoms with Crippen molar-refractivity contribution in [1.29, 1.82) is 0 Å². The van der Waals surface area contributed by atoms with Crippen molar-refractivity contribution in [3.05, 3.63) is 22.2 Å². The first-order valence-corrected chi connectivity index (χ1v) is 8.40. The largest absolute Gasteiger partial charge is 0.505 e. The van der Waals surface area contributed by atoms with Crippen LogP contribution in [0.3, 0.4) is 0 Å². The Morgan fingerprint density at radius 2 is 1.63 bits per heavy atom. The standard InChI is InChI=1S/C12H15Cl2NO3S/c13-10-6-8(7-11(14)12(10)16)15-19(17,18)9-4-2-1-3-5-9/h6-7,9,15-16H,1-5H2. The monoisotopic (exact) mass is 323 g/mol. The van der Waals surface area contributed by atoms with Crippen LogP contribution in [0.15, 0.2) is 12.1 Å². The number of rotatable bonds is 3. The van der Waals surface area contributed by atoms with Crippen LogP contribution >= 0.6 is 23.2 Å². The van der Waals surface area contributed by atoms with Gasteiger partial charge in [0.1, 0.15) is 0 Å². The fraction of sp³-hybridized carbons (Fsp3) is 0.500. The Bertz CT molecular complexity index is 545. The van der Waals surface area contributed by atoms with Gasteiger partial charge < -0.3 is 5.11 Å². The summed E-state index contributed by atoms with van der Waals surface area (Å²) in [5, 5.41) is 9.11. The average Bonchev–Trinajstić information content (AvgIpc) is 2.36. The van der Waals surface area contributed by atoms with Gasteiger partial charge in [-0.2, -0.15) is 0 Å². The van der Waals surface area contributed by atoms with Gasteiger partial charge in [-0.25, -0.2) is 8.42 Å². The molecule has 0 aliphatic heterocycles. The molecule has 0 saturated heterocycles. The van der Waals surface area contributed by atoms with Crippen LogP contribution in [0.2, 0.25) is 10.0 Å². The van der Waals surface area contributed by atoms with Crippen LogP contribution < -0.4 is 4.72 Å². The van der Waals surface area contributed by atoms with E-state index in [2.05, 4.69) is 4.72 Å². The van der Waals surface area contributed by atoms with Crippen LogP contribution in [0.4, 0.5) is 5.69 Å². The summed E-state index contributed by atoms with van der Waals surface area (Å²) in [4.78, 5) is 0. The molecule has 1 aromatic carbocycles. The summed E-state index contributed by atoms with van der Waals surface area (Å²) in [6, 6.07) is 2.70. The van der Waals surface area contributed by atoms with Crippen LogP contribution in [0, 0.1) is 0 Å². The minimum absolute atomic E-state index is 0.0221. The highest BCUT2D eigenvalue weighted by atomic mass is 35.5. The molecule has 0 bridgehead atoms. The molecule has 2 N–H and O–H groups in total. The molecule has 2 rings (SSSR count). The molecular weight excluding hydrogens is 309 g/mol. The Morgan fingerprint density at radius 3 is 2.16 bits per heavy atom. The smallest absolute Gasteiger partial charge is 0.235 e. The van der Waals surface area contributed by atoms with Gasteiger partial charge in [0.15, 0.2) is 5.75 Å². The molecule has 7 heteroatoms. The minimum Gasteiger partial charge on any atom is -0.505 e. The highest BCUT2D eigenvalue weighted by Gasteiger charge is 2.27. The predicted octanol–water partition coefficient (Wildman–Crippen LogP) is 3.77. The van der Waals surface area contributed by atoms with E-state index in [0.717, 1.165) is 19.3 Å². The molecule has 1 fully saturated rings. The number of hydrogen-bond donors (Lipinski definition) is 2. The molecule has 0 unspecified atom stereocenters. The fourth-order valence-corrected chi connectivity index (χ4v) is 4.30. The normalized spacial score (nSPS) is 17.4.